The lowest BCUT2D eigenvalue weighted by atomic mass is 9.49. The molecule has 2 N–H and O–H groups in total. The van der Waals surface area contributed by atoms with Gasteiger partial charge in [-0.05, 0) is 62.6 Å². The van der Waals surface area contributed by atoms with Gasteiger partial charge in [-0.15, -0.1) is 0 Å². The third-order valence-electron chi connectivity index (χ3n) is 8.09. The van der Waals surface area contributed by atoms with Crippen LogP contribution in [0.1, 0.15) is 62.5 Å². The number of likely N-dealkylation sites (tertiary alicyclic amines) is 1. The van der Waals surface area contributed by atoms with Gasteiger partial charge in [0.15, 0.2) is 11.5 Å². The van der Waals surface area contributed by atoms with Crippen LogP contribution in [0, 0.1) is 5.92 Å². The zero-order valence-corrected chi connectivity index (χ0v) is 15.8. The smallest absolute Gasteiger partial charge is 0.164 e. The summed E-state index contributed by atoms with van der Waals surface area (Å²) in [6.07, 6.45) is 10.0. The molecule has 0 amide bonds. The average Bonchev–Trinajstić information content (AvgIpc) is 2.59. The topological polar surface area (TPSA) is 52.9 Å². The minimum absolute atomic E-state index is 0.207. The molecule has 0 unspecified atom stereocenters. The summed E-state index contributed by atoms with van der Waals surface area (Å²) in [6, 6.07) is 4.05. The zero-order valence-electron chi connectivity index (χ0n) is 15.8. The van der Waals surface area contributed by atoms with Crippen LogP contribution in [0.3, 0.4) is 0 Å². The molecule has 1 saturated heterocycles. The third kappa shape index (κ3) is 2.09. The van der Waals surface area contributed by atoms with E-state index < -0.39 is 5.60 Å². The highest BCUT2D eigenvalue weighted by Crippen LogP contribution is 2.61. The molecule has 5 rings (SSSR count). The molecule has 0 radical (unpaired) electrons. The molecular formula is C22H31NO3. The van der Waals surface area contributed by atoms with E-state index in [9.17, 15) is 10.2 Å². The second-order valence-electron chi connectivity index (χ2n) is 9.13. The van der Waals surface area contributed by atoms with Crippen LogP contribution in [0.5, 0.6) is 11.5 Å². The standard InChI is InChI=1S/C22H31NO3/c1-26-20-17(24)8-7-16-13-18-22(25)10-3-2-9-21(22,19(16)20)11-12-23(18)14-15-5-4-6-15/h7-8,15,18,24-25H,2-6,9-14H2,1H3/t18-,21+,22-/m1/s1. The number of nitrogens with zero attached hydrogens (tertiary/aromatic N) is 1. The van der Waals surface area contributed by atoms with Crippen molar-refractivity contribution in [1.82, 2.24) is 4.90 Å². The van der Waals surface area contributed by atoms with Crippen molar-refractivity contribution in [2.75, 3.05) is 20.2 Å². The molecule has 142 valence electrons. The molecule has 4 heteroatoms. The van der Waals surface area contributed by atoms with E-state index in [1.165, 1.54) is 24.8 Å². The van der Waals surface area contributed by atoms with Gasteiger partial charge in [0.05, 0.1) is 12.7 Å². The van der Waals surface area contributed by atoms with Crippen LogP contribution in [-0.4, -0.2) is 47.0 Å². The SMILES string of the molecule is COc1c(O)ccc2c1[C@@]13CCCC[C@@]1(O)[C@@H](C2)N(CC1CCC1)CC3. The van der Waals surface area contributed by atoms with Crippen LogP contribution in [0.25, 0.3) is 0 Å². The number of rotatable bonds is 3. The molecule has 1 aromatic rings. The van der Waals surface area contributed by atoms with E-state index >= 15 is 0 Å². The largest absolute Gasteiger partial charge is 0.504 e. The molecule has 0 aromatic heterocycles. The fraction of sp³-hybridized carbons (Fsp3) is 0.727. The number of fused-ring (bicyclic) bond motifs is 1. The molecule has 1 heterocycles. The summed E-state index contributed by atoms with van der Waals surface area (Å²) in [5.74, 6) is 1.64. The van der Waals surface area contributed by atoms with Gasteiger partial charge in [0.2, 0.25) is 0 Å². The predicted octanol–water partition coefficient (Wildman–Crippen LogP) is 3.37. The molecule has 4 aliphatic rings. The van der Waals surface area contributed by atoms with Gasteiger partial charge in [0.25, 0.3) is 0 Å². The molecule has 2 saturated carbocycles. The van der Waals surface area contributed by atoms with Crippen LogP contribution in [0.4, 0.5) is 0 Å². The minimum atomic E-state index is -0.693. The molecule has 1 aliphatic heterocycles. The molecule has 3 aliphatic carbocycles. The van der Waals surface area contributed by atoms with Gasteiger partial charge >= 0.3 is 0 Å². The van der Waals surface area contributed by atoms with Crippen molar-refractivity contribution in [2.45, 2.75) is 74.8 Å². The van der Waals surface area contributed by atoms with Gasteiger partial charge in [-0.3, -0.25) is 4.90 Å². The van der Waals surface area contributed by atoms with Crippen molar-refractivity contribution in [3.8, 4) is 11.5 Å². The summed E-state index contributed by atoms with van der Waals surface area (Å²) in [4.78, 5) is 2.61. The number of methoxy groups -OCH3 is 1. The molecule has 0 spiro atoms. The summed E-state index contributed by atoms with van der Waals surface area (Å²) in [7, 11) is 1.64. The van der Waals surface area contributed by atoms with E-state index in [0.29, 0.717) is 5.75 Å². The van der Waals surface area contributed by atoms with Gasteiger partial charge in [0.1, 0.15) is 0 Å². The van der Waals surface area contributed by atoms with Gasteiger partial charge < -0.3 is 14.9 Å². The van der Waals surface area contributed by atoms with Crippen molar-refractivity contribution in [1.29, 1.82) is 0 Å². The number of hydrogen-bond donors (Lipinski definition) is 2. The number of ether oxygens (including phenoxy) is 1. The summed E-state index contributed by atoms with van der Waals surface area (Å²) < 4.78 is 5.67. The Morgan fingerprint density at radius 3 is 2.69 bits per heavy atom. The maximum Gasteiger partial charge on any atom is 0.164 e. The molecular weight excluding hydrogens is 326 g/mol. The van der Waals surface area contributed by atoms with E-state index in [1.807, 2.05) is 0 Å². The summed E-state index contributed by atoms with van der Waals surface area (Å²) in [6.45, 7) is 2.20. The number of piperidine rings is 1. The first kappa shape index (κ1) is 16.9. The molecule has 2 bridgehead atoms. The zero-order chi connectivity index (χ0) is 17.9. The fourth-order valence-corrected chi connectivity index (χ4v) is 6.61. The van der Waals surface area contributed by atoms with Crippen LogP contribution in [0.2, 0.25) is 0 Å². The summed E-state index contributed by atoms with van der Waals surface area (Å²) in [5, 5.41) is 22.5. The first-order valence-corrected chi connectivity index (χ1v) is 10.4. The van der Waals surface area contributed by atoms with E-state index in [4.69, 9.17) is 4.74 Å². The van der Waals surface area contributed by atoms with E-state index in [-0.39, 0.29) is 17.2 Å². The third-order valence-corrected chi connectivity index (χ3v) is 8.09. The van der Waals surface area contributed by atoms with Crippen LogP contribution < -0.4 is 4.74 Å². The molecule has 1 aromatic carbocycles. The van der Waals surface area contributed by atoms with Gasteiger partial charge in [-0.1, -0.05) is 25.3 Å². The normalized spacial score (nSPS) is 36.8. The van der Waals surface area contributed by atoms with Crippen molar-refractivity contribution in [3.05, 3.63) is 23.3 Å². The number of aliphatic hydroxyl groups is 1. The monoisotopic (exact) mass is 357 g/mol. The quantitative estimate of drug-likeness (QED) is 0.871. The van der Waals surface area contributed by atoms with Gasteiger partial charge in [0, 0.05) is 23.6 Å². The van der Waals surface area contributed by atoms with Crippen molar-refractivity contribution in [3.63, 3.8) is 0 Å². The van der Waals surface area contributed by atoms with Crippen molar-refractivity contribution in [2.24, 2.45) is 5.92 Å². The van der Waals surface area contributed by atoms with E-state index in [0.717, 1.165) is 63.1 Å². The Labute approximate surface area is 156 Å². The summed E-state index contributed by atoms with van der Waals surface area (Å²) in [5.41, 5.74) is 1.43. The van der Waals surface area contributed by atoms with Crippen molar-refractivity contribution < 1.29 is 14.9 Å². The Morgan fingerprint density at radius 2 is 1.96 bits per heavy atom. The number of phenols is 1. The summed E-state index contributed by atoms with van der Waals surface area (Å²) >= 11 is 0. The van der Waals surface area contributed by atoms with Crippen LogP contribution in [-0.2, 0) is 11.8 Å². The fourth-order valence-electron chi connectivity index (χ4n) is 6.61. The van der Waals surface area contributed by atoms with Crippen molar-refractivity contribution >= 4 is 0 Å². The first-order chi connectivity index (χ1) is 12.6. The maximum atomic E-state index is 12.1. The number of benzene rings is 1. The predicted molar refractivity (Wildman–Crippen MR) is 101 cm³/mol. The minimum Gasteiger partial charge on any atom is -0.504 e. The lowest BCUT2D eigenvalue weighted by molar-refractivity contribution is -0.169. The van der Waals surface area contributed by atoms with Gasteiger partial charge in [-0.2, -0.15) is 0 Å². The lowest BCUT2D eigenvalue weighted by Crippen LogP contribution is -2.72. The molecule has 4 nitrogen and oxygen atoms in total. The van der Waals surface area contributed by atoms with Crippen LogP contribution in [0.15, 0.2) is 12.1 Å². The maximum absolute atomic E-state index is 12.1. The molecule has 3 atom stereocenters. The van der Waals surface area contributed by atoms with Gasteiger partial charge in [-0.25, -0.2) is 0 Å². The highest BCUT2D eigenvalue weighted by Gasteiger charge is 2.64. The number of phenolic OH excluding ortho intramolecular Hbond substituents is 1. The Hall–Kier alpha value is -1.26. The Balaban J connectivity index is 1.63. The Kier molecular flexibility index (Phi) is 3.81. The Bertz CT molecular complexity index is 716. The van der Waals surface area contributed by atoms with E-state index in [1.54, 1.807) is 13.2 Å². The van der Waals surface area contributed by atoms with E-state index in [2.05, 4.69) is 11.0 Å². The van der Waals surface area contributed by atoms with Crippen LogP contribution >= 0.6 is 0 Å². The number of hydrogen-bond acceptors (Lipinski definition) is 4. The first-order valence-electron chi connectivity index (χ1n) is 10.4. The second-order valence-corrected chi connectivity index (χ2v) is 9.13. The highest BCUT2D eigenvalue weighted by molar-refractivity contribution is 5.58. The second kappa shape index (κ2) is 5.87. The Morgan fingerprint density at radius 1 is 1.15 bits per heavy atom. The number of aromatic hydroxyl groups is 1. The lowest BCUT2D eigenvalue weighted by Gasteiger charge is -2.64. The molecule has 26 heavy (non-hydrogen) atoms. The average molecular weight is 357 g/mol. The molecule has 3 fully saturated rings. The highest BCUT2D eigenvalue weighted by atomic mass is 16.5.